The molecule has 5 aromatic rings. The number of nitrogens with zero attached hydrogens (tertiary/aromatic N) is 2. The number of benzene rings is 3. The summed E-state index contributed by atoms with van der Waals surface area (Å²) in [6, 6.07) is 33.0. The summed E-state index contributed by atoms with van der Waals surface area (Å²) in [5.74, 6) is 0.492. The third-order valence-electron chi connectivity index (χ3n) is 6.32. The predicted octanol–water partition coefficient (Wildman–Crippen LogP) is 7.27. The average Bonchev–Trinajstić information content (AvgIpc) is 3.58. The molecule has 0 aliphatic carbocycles. The zero-order chi connectivity index (χ0) is 23.4. The number of hydrogen-bond donors (Lipinski definition) is 0. The molecule has 2 nitrogen and oxygen atoms in total. The number of aromatic nitrogens is 2. The van der Waals surface area contributed by atoms with Crippen LogP contribution in [0.2, 0.25) is 0 Å². The fourth-order valence-electron chi connectivity index (χ4n) is 4.30. The molecule has 5 rings (SSSR count). The molecule has 0 spiro atoms. The summed E-state index contributed by atoms with van der Waals surface area (Å²) in [5, 5.41) is 10.8. The Morgan fingerprint density at radius 2 is 1.24 bits per heavy atom. The van der Waals surface area contributed by atoms with Crippen LogP contribution in [0.3, 0.4) is 0 Å². The molecule has 34 heavy (non-hydrogen) atoms. The minimum Gasteiger partial charge on any atom is -0.238 e. The topological polar surface area (TPSA) is 25.8 Å². The van der Waals surface area contributed by atoms with E-state index in [9.17, 15) is 0 Å². The summed E-state index contributed by atoms with van der Waals surface area (Å²) in [5.41, 5.74) is 2.16. The first-order valence-corrected chi connectivity index (χ1v) is 15.4. The quantitative estimate of drug-likeness (QED) is 0.210. The molecule has 0 radical (unpaired) electrons. The monoisotopic (exact) mass is 499 g/mol. The fraction of sp³-hybridized carbons (Fsp3) is 0.172. The van der Waals surface area contributed by atoms with E-state index in [4.69, 9.17) is 9.97 Å². The first-order chi connectivity index (χ1) is 16.7. The molecular formula is C29H28N2PS2+. The van der Waals surface area contributed by atoms with Gasteiger partial charge in [-0.05, 0) is 42.8 Å². The summed E-state index contributed by atoms with van der Waals surface area (Å²) < 4.78 is 0. The van der Waals surface area contributed by atoms with Crippen molar-refractivity contribution in [2.45, 2.75) is 32.3 Å². The third-order valence-corrected chi connectivity index (χ3v) is 12.6. The van der Waals surface area contributed by atoms with Crippen LogP contribution >= 0.6 is 29.9 Å². The standard InChI is InChI=1S/C29H28N2PS2/c1-3-22(2)28-31-27(21-34-28)29-30-23(20-33-29)19-32(24-13-7-4-8-14-24,25-15-9-5-10-16-25)26-17-11-6-12-18-26/h4-18,20-22H,3,19H2,1-2H3/q+1. The minimum absolute atomic E-state index is 0.492. The Bertz CT molecular complexity index is 1230. The van der Waals surface area contributed by atoms with Gasteiger partial charge in [0.15, 0.2) is 0 Å². The summed E-state index contributed by atoms with van der Waals surface area (Å²) in [6.45, 7) is 4.46. The Morgan fingerprint density at radius 3 is 1.74 bits per heavy atom. The molecule has 170 valence electrons. The van der Waals surface area contributed by atoms with Crippen molar-refractivity contribution in [1.82, 2.24) is 9.97 Å². The molecular weight excluding hydrogens is 471 g/mol. The van der Waals surface area contributed by atoms with Crippen LogP contribution in [0.4, 0.5) is 0 Å². The minimum atomic E-state index is -1.94. The van der Waals surface area contributed by atoms with Crippen LogP contribution < -0.4 is 15.9 Å². The lowest BCUT2D eigenvalue weighted by Crippen LogP contribution is -2.32. The summed E-state index contributed by atoms with van der Waals surface area (Å²) in [4.78, 5) is 10.0. The maximum absolute atomic E-state index is 5.13. The highest BCUT2D eigenvalue weighted by Crippen LogP contribution is 2.58. The average molecular weight is 500 g/mol. The van der Waals surface area contributed by atoms with Gasteiger partial charge in [-0.3, -0.25) is 0 Å². The highest BCUT2D eigenvalue weighted by atomic mass is 32.1. The van der Waals surface area contributed by atoms with E-state index in [-0.39, 0.29) is 0 Å². The first-order valence-electron chi connectivity index (χ1n) is 11.7. The van der Waals surface area contributed by atoms with Crippen LogP contribution in [-0.4, -0.2) is 9.97 Å². The van der Waals surface area contributed by atoms with Crippen molar-refractivity contribution in [2.24, 2.45) is 0 Å². The zero-order valence-electron chi connectivity index (χ0n) is 19.5. The van der Waals surface area contributed by atoms with Crippen molar-refractivity contribution >= 4 is 45.8 Å². The fourth-order valence-corrected chi connectivity index (χ4v) is 10.4. The van der Waals surface area contributed by atoms with E-state index in [2.05, 4.69) is 116 Å². The zero-order valence-corrected chi connectivity index (χ0v) is 22.0. The van der Waals surface area contributed by atoms with Gasteiger partial charge in [0.2, 0.25) is 0 Å². The Kier molecular flexibility index (Phi) is 7.01. The van der Waals surface area contributed by atoms with Crippen molar-refractivity contribution < 1.29 is 0 Å². The highest BCUT2D eigenvalue weighted by molar-refractivity contribution is 7.95. The Morgan fingerprint density at radius 1 is 0.706 bits per heavy atom. The van der Waals surface area contributed by atoms with Gasteiger partial charge in [-0.2, -0.15) is 0 Å². The van der Waals surface area contributed by atoms with Crippen molar-refractivity contribution in [1.29, 1.82) is 0 Å². The number of rotatable bonds is 8. The van der Waals surface area contributed by atoms with E-state index in [1.54, 1.807) is 22.7 Å². The second-order valence-electron chi connectivity index (χ2n) is 8.50. The molecule has 0 amide bonds. The van der Waals surface area contributed by atoms with Gasteiger partial charge in [0.1, 0.15) is 40.0 Å². The van der Waals surface area contributed by atoms with Crippen LogP contribution in [0.5, 0.6) is 0 Å². The van der Waals surface area contributed by atoms with E-state index in [1.807, 2.05) is 0 Å². The van der Waals surface area contributed by atoms with Crippen molar-refractivity contribution in [3.63, 3.8) is 0 Å². The van der Waals surface area contributed by atoms with E-state index in [1.165, 1.54) is 20.9 Å². The van der Waals surface area contributed by atoms with Gasteiger partial charge in [0.05, 0.1) is 10.7 Å². The Labute approximate surface area is 210 Å². The van der Waals surface area contributed by atoms with Crippen molar-refractivity contribution in [2.75, 3.05) is 0 Å². The van der Waals surface area contributed by atoms with Gasteiger partial charge in [-0.1, -0.05) is 68.4 Å². The lowest BCUT2D eigenvalue weighted by Gasteiger charge is -2.27. The second kappa shape index (κ2) is 10.3. The van der Waals surface area contributed by atoms with Gasteiger partial charge in [-0.25, -0.2) is 9.97 Å². The molecule has 0 saturated heterocycles. The molecule has 3 aromatic carbocycles. The van der Waals surface area contributed by atoms with Crippen LogP contribution in [0.15, 0.2) is 102 Å². The van der Waals surface area contributed by atoms with Crippen LogP contribution in [0.1, 0.15) is 36.9 Å². The molecule has 0 aliphatic heterocycles. The van der Waals surface area contributed by atoms with E-state index < -0.39 is 7.26 Å². The van der Waals surface area contributed by atoms with Gasteiger partial charge >= 0.3 is 0 Å². The molecule has 0 saturated carbocycles. The molecule has 1 unspecified atom stereocenters. The molecule has 0 bridgehead atoms. The SMILES string of the molecule is CCC(C)c1nc(-c2nc(C[P+](c3ccccc3)(c3ccccc3)c3ccccc3)cs2)cs1. The van der Waals surface area contributed by atoms with Crippen molar-refractivity contribution in [3.05, 3.63) is 112 Å². The van der Waals surface area contributed by atoms with Gasteiger partial charge in [-0.15, -0.1) is 22.7 Å². The largest absolute Gasteiger partial charge is 0.238 e. The van der Waals surface area contributed by atoms with Crippen LogP contribution in [-0.2, 0) is 6.16 Å². The second-order valence-corrected chi connectivity index (χ2v) is 13.7. The van der Waals surface area contributed by atoms with Crippen LogP contribution in [0.25, 0.3) is 10.7 Å². The molecule has 5 heteroatoms. The number of hydrogen-bond acceptors (Lipinski definition) is 4. The normalized spacial score (nSPS) is 12.5. The Balaban J connectivity index is 1.61. The maximum Gasteiger partial charge on any atom is 0.143 e. The summed E-state index contributed by atoms with van der Waals surface area (Å²) >= 11 is 3.46. The van der Waals surface area contributed by atoms with Gasteiger partial charge < -0.3 is 0 Å². The molecule has 0 aliphatic rings. The van der Waals surface area contributed by atoms with Crippen molar-refractivity contribution in [3.8, 4) is 10.7 Å². The predicted molar refractivity (Wildman–Crippen MR) is 151 cm³/mol. The molecule has 0 fully saturated rings. The first kappa shape index (κ1) is 23.1. The van der Waals surface area contributed by atoms with E-state index >= 15 is 0 Å². The molecule has 2 aromatic heterocycles. The smallest absolute Gasteiger partial charge is 0.143 e. The maximum atomic E-state index is 5.13. The Hall–Kier alpha value is -2.65. The number of thiazole rings is 2. The highest BCUT2D eigenvalue weighted by Gasteiger charge is 2.46. The molecule has 0 N–H and O–H groups in total. The lowest BCUT2D eigenvalue weighted by atomic mass is 10.1. The summed E-state index contributed by atoms with van der Waals surface area (Å²) in [6.07, 6.45) is 2.00. The van der Waals surface area contributed by atoms with E-state index in [0.717, 1.165) is 29.0 Å². The summed E-state index contributed by atoms with van der Waals surface area (Å²) in [7, 11) is -1.94. The molecule has 2 heterocycles. The van der Waals surface area contributed by atoms with Gasteiger partial charge in [0, 0.05) is 16.7 Å². The lowest BCUT2D eigenvalue weighted by molar-refractivity contribution is 0.727. The van der Waals surface area contributed by atoms with Crippen LogP contribution in [0, 0.1) is 0 Å². The van der Waals surface area contributed by atoms with Gasteiger partial charge in [0.25, 0.3) is 0 Å². The third kappa shape index (κ3) is 4.51. The van der Waals surface area contributed by atoms with E-state index in [0.29, 0.717) is 5.92 Å². The molecule has 1 atom stereocenters.